The number of aromatic nitrogens is 2. The zero-order valence-corrected chi connectivity index (χ0v) is 19.9. The van der Waals surface area contributed by atoms with E-state index in [1.54, 1.807) is 17.8 Å². The molecule has 2 aromatic heterocycles. The molecule has 1 fully saturated rings. The molecule has 0 spiro atoms. The molecular formula is C27H28N5O2. The molecule has 2 aliphatic rings. The van der Waals surface area contributed by atoms with Crippen LogP contribution in [0.1, 0.15) is 31.0 Å². The topological polar surface area (TPSA) is 94.9 Å². The van der Waals surface area contributed by atoms with Crippen LogP contribution in [0.5, 0.6) is 0 Å². The van der Waals surface area contributed by atoms with Crippen LogP contribution in [0.25, 0.3) is 22.0 Å². The van der Waals surface area contributed by atoms with E-state index in [0.29, 0.717) is 11.3 Å². The number of ether oxygens (including phenoxy) is 1. The van der Waals surface area contributed by atoms with Gasteiger partial charge in [-0.05, 0) is 74.6 Å². The number of rotatable bonds is 4. The van der Waals surface area contributed by atoms with E-state index >= 15 is 0 Å². The van der Waals surface area contributed by atoms with E-state index in [4.69, 9.17) is 10.5 Å². The van der Waals surface area contributed by atoms with Gasteiger partial charge < -0.3 is 15.0 Å². The van der Waals surface area contributed by atoms with Crippen molar-refractivity contribution in [3.8, 4) is 11.1 Å². The fourth-order valence-corrected chi connectivity index (χ4v) is 4.55. The van der Waals surface area contributed by atoms with Crippen molar-refractivity contribution in [1.82, 2.24) is 9.55 Å². The molecule has 1 saturated heterocycles. The van der Waals surface area contributed by atoms with Crippen LogP contribution in [-0.2, 0) is 11.8 Å². The number of benzene rings is 1. The number of allylic oxidation sites excluding steroid dienone is 1. The fourth-order valence-electron chi connectivity index (χ4n) is 4.55. The standard InChI is InChI=1S/C27H28N5O2/c1-16-6-9-20(30-26(28)31-24(18-7-8-18)27(3)10-5-11-34-27)14-21(16)22-13-19-15-29-17(2)12-23(19)32(4)25(22)33/h6-9,12-15H,5,10-11H2,1-4H3,(H2,28,30)/b31-24+/t27-/m1/s1. The van der Waals surface area contributed by atoms with Gasteiger partial charge in [-0.15, -0.1) is 0 Å². The smallest absolute Gasteiger partial charge is 0.258 e. The summed E-state index contributed by atoms with van der Waals surface area (Å²) in [4.78, 5) is 26.8. The molecule has 1 aliphatic heterocycles. The van der Waals surface area contributed by atoms with E-state index in [2.05, 4.69) is 21.9 Å². The maximum Gasteiger partial charge on any atom is 0.258 e. The highest BCUT2D eigenvalue weighted by Gasteiger charge is 2.39. The average Bonchev–Trinajstić information content (AvgIpc) is 3.55. The molecule has 0 saturated carbocycles. The van der Waals surface area contributed by atoms with Crippen LogP contribution in [0.3, 0.4) is 0 Å². The lowest BCUT2D eigenvalue weighted by Crippen LogP contribution is -2.35. The minimum absolute atomic E-state index is 0.0712. The molecule has 7 heteroatoms. The van der Waals surface area contributed by atoms with E-state index in [1.807, 2.05) is 56.7 Å². The number of aryl methyl sites for hydroxylation is 3. The highest BCUT2D eigenvalue weighted by atomic mass is 16.5. The largest absolute Gasteiger partial charge is 0.369 e. The van der Waals surface area contributed by atoms with Gasteiger partial charge in [0, 0.05) is 42.9 Å². The molecule has 2 N–H and O–H groups in total. The minimum Gasteiger partial charge on any atom is -0.369 e. The Balaban J connectivity index is 1.56. The predicted octanol–water partition coefficient (Wildman–Crippen LogP) is 4.32. The van der Waals surface area contributed by atoms with Crippen molar-refractivity contribution in [3.05, 3.63) is 76.2 Å². The zero-order chi connectivity index (χ0) is 24.0. The molecule has 0 amide bonds. The van der Waals surface area contributed by atoms with Gasteiger partial charge in [-0.3, -0.25) is 9.78 Å². The number of fused-ring (bicyclic) bond motifs is 1. The van der Waals surface area contributed by atoms with Gasteiger partial charge in [-0.25, -0.2) is 9.98 Å². The Bertz CT molecular complexity index is 1460. The highest BCUT2D eigenvalue weighted by molar-refractivity contribution is 6.16. The maximum absolute atomic E-state index is 13.2. The number of guanidine groups is 1. The molecule has 1 radical (unpaired) electrons. The third kappa shape index (κ3) is 4.07. The first-order valence-electron chi connectivity index (χ1n) is 11.5. The van der Waals surface area contributed by atoms with Crippen LogP contribution in [0.4, 0.5) is 5.69 Å². The number of hydrogen-bond donors (Lipinski definition) is 1. The second-order valence-corrected chi connectivity index (χ2v) is 9.21. The van der Waals surface area contributed by atoms with Crippen molar-refractivity contribution < 1.29 is 4.74 Å². The first-order valence-corrected chi connectivity index (χ1v) is 11.5. The van der Waals surface area contributed by atoms with E-state index in [1.165, 1.54) is 0 Å². The van der Waals surface area contributed by atoms with Crippen molar-refractivity contribution in [3.63, 3.8) is 0 Å². The second kappa shape index (κ2) is 8.33. The van der Waals surface area contributed by atoms with Crippen molar-refractivity contribution in [2.75, 3.05) is 6.61 Å². The average molecular weight is 455 g/mol. The van der Waals surface area contributed by atoms with E-state index in [0.717, 1.165) is 58.5 Å². The Morgan fingerprint density at radius 3 is 2.71 bits per heavy atom. The summed E-state index contributed by atoms with van der Waals surface area (Å²) in [5.41, 5.74) is 12.4. The Hall–Kier alpha value is -3.58. The zero-order valence-electron chi connectivity index (χ0n) is 19.9. The fraction of sp³-hybridized carbons (Fsp3) is 0.296. The quantitative estimate of drug-likeness (QED) is 0.469. The van der Waals surface area contributed by atoms with Gasteiger partial charge in [0.2, 0.25) is 5.96 Å². The van der Waals surface area contributed by atoms with Gasteiger partial charge in [-0.1, -0.05) is 12.1 Å². The number of hydrogen-bond acceptors (Lipinski definition) is 4. The monoisotopic (exact) mass is 454 g/mol. The van der Waals surface area contributed by atoms with Gasteiger partial charge in [-0.2, -0.15) is 0 Å². The van der Waals surface area contributed by atoms with Crippen molar-refractivity contribution in [1.29, 1.82) is 0 Å². The van der Waals surface area contributed by atoms with Gasteiger partial charge in [0.1, 0.15) is 5.60 Å². The van der Waals surface area contributed by atoms with E-state index < -0.39 is 5.60 Å². The maximum atomic E-state index is 13.2. The molecule has 5 rings (SSSR count). The van der Waals surface area contributed by atoms with Crippen LogP contribution >= 0.6 is 0 Å². The summed E-state index contributed by atoms with van der Waals surface area (Å²) in [5.74, 6) is 0.161. The second-order valence-electron chi connectivity index (χ2n) is 9.21. The molecule has 0 unspecified atom stereocenters. The number of nitrogens with zero attached hydrogens (tertiary/aromatic N) is 4. The van der Waals surface area contributed by atoms with Gasteiger partial charge in [0.05, 0.1) is 16.9 Å². The highest BCUT2D eigenvalue weighted by Crippen LogP contribution is 2.35. The lowest BCUT2D eigenvalue weighted by atomic mass is 9.94. The molecule has 1 aromatic carbocycles. The van der Waals surface area contributed by atoms with Gasteiger partial charge in [0.25, 0.3) is 5.56 Å². The number of pyridine rings is 2. The van der Waals surface area contributed by atoms with E-state index in [-0.39, 0.29) is 11.5 Å². The summed E-state index contributed by atoms with van der Waals surface area (Å²) in [7, 11) is 1.79. The summed E-state index contributed by atoms with van der Waals surface area (Å²) in [6.07, 6.45) is 7.72. The van der Waals surface area contributed by atoms with E-state index in [9.17, 15) is 4.79 Å². The molecule has 1 aliphatic carbocycles. The summed E-state index contributed by atoms with van der Waals surface area (Å²) in [6, 6.07) is 9.53. The lowest BCUT2D eigenvalue weighted by molar-refractivity contribution is 0.0784. The Labute approximate surface area is 198 Å². The van der Waals surface area contributed by atoms with Gasteiger partial charge >= 0.3 is 0 Å². The molecule has 7 nitrogen and oxygen atoms in total. The van der Waals surface area contributed by atoms with Crippen LogP contribution in [-0.4, -0.2) is 33.4 Å². The van der Waals surface area contributed by atoms with Crippen LogP contribution < -0.4 is 11.3 Å². The lowest BCUT2D eigenvalue weighted by Gasteiger charge is -2.24. The molecule has 173 valence electrons. The number of nitrogens with two attached hydrogens (primary N) is 1. The first kappa shape index (κ1) is 22.2. The molecule has 3 heterocycles. The Morgan fingerprint density at radius 1 is 1.21 bits per heavy atom. The third-order valence-corrected chi connectivity index (χ3v) is 6.55. The molecule has 1 atom stereocenters. The third-order valence-electron chi connectivity index (χ3n) is 6.55. The van der Waals surface area contributed by atoms with Crippen molar-refractivity contribution in [2.24, 2.45) is 22.8 Å². The van der Waals surface area contributed by atoms with Crippen LogP contribution in [0.15, 0.2) is 63.0 Å². The summed E-state index contributed by atoms with van der Waals surface area (Å²) in [5, 5.41) is 0.906. The molecule has 34 heavy (non-hydrogen) atoms. The predicted molar refractivity (Wildman–Crippen MR) is 137 cm³/mol. The Kier molecular flexibility index (Phi) is 5.44. The normalized spacial score (nSPS) is 20.6. The molecule has 0 bridgehead atoms. The minimum atomic E-state index is -0.443. The SMILES string of the molecule is Cc1cc2c(cn1)cc(-c1cc(N=C(N)/N=C(\C3=C[CH]3)[C@@]3(C)CCCO3)ccc1C)c(=O)n2C. The molecular weight excluding hydrogens is 426 g/mol. The summed E-state index contributed by atoms with van der Waals surface area (Å²) < 4.78 is 7.64. The van der Waals surface area contributed by atoms with Crippen LogP contribution in [0, 0.1) is 20.3 Å². The molecule has 3 aromatic rings. The van der Waals surface area contributed by atoms with Crippen molar-refractivity contribution in [2.45, 2.75) is 39.2 Å². The van der Waals surface area contributed by atoms with Gasteiger partial charge in [0.15, 0.2) is 0 Å². The number of aliphatic imine (C=N–C) groups is 2. The van der Waals surface area contributed by atoms with Crippen molar-refractivity contribution >= 4 is 28.3 Å². The Morgan fingerprint density at radius 2 is 2.00 bits per heavy atom. The summed E-state index contributed by atoms with van der Waals surface area (Å²) in [6.45, 7) is 6.66. The summed E-state index contributed by atoms with van der Waals surface area (Å²) >= 11 is 0. The first-order chi connectivity index (χ1) is 16.2. The van der Waals surface area contributed by atoms with Crippen LogP contribution in [0.2, 0.25) is 0 Å².